The van der Waals surface area contributed by atoms with Gasteiger partial charge in [-0.2, -0.15) is 0 Å². The molecule has 0 radical (unpaired) electrons. The zero-order chi connectivity index (χ0) is 16.3. The van der Waals surface area contributed by atoms with Crippen molar-refractivity contribution in [3.8, 4) is 0 Å². The van der Waals surface area contributed by atoms with Crippen LogP contribution in [-0.2, 0) is 4.79 Å². The van der Waals surface area contributed by atoms with Gasteiger partial charge in [-0.15, -0.1) is 0 Å². The molecule has 0 rings (SSSR count). The van der Waals surface area contributed by atoms with Crippen molar-refractivity contribution in [2.24, 2.45) is 0 Å². The molecule has 0 bridgehead atoms. The number of carboxylic acids is 1. The SMILES string of the molecule is CCC=CCC=CCC=CCC=CC=CCCCCC(=O)O. The zero-order valence-corrected chi connectivity index (χ0v) is 13.8. The minimum Gasteiger partial charge on any atom is -0.481 e. The van der Waals surface area contributed by atoms with E-state index >= 15 is 0 Å². The van der Waals surface area contributed by atoms with E-state index in [1.807, 2.05) is 12.2 Å². The van der Waals surface area contributed by atoms with E-state index in [4.69, 9.17) is 5.11 Å². The van der Waals surface area contributed by atoms with Crippen LogP contribution in [-0.4, -0.2) is 11.1 Å². The van der Waals surface area contributed by atoms with Crippen molar-refractivity contribution >= 4 is 5.97 Å². The Morgan fingerprint density at radius 2 is 1.32 bits per heavy atom. The molecular weight excluding hydrogens is 272 g/mol. The summed E-state index contributed by atoms with van der Waals surface area (Å²) in [6, 6.07) is 0. The van der Waals surface area contributed by atoms with Crippen molar-refractivity contribution in [2.45, 2.75) is 58.3 Å². The smallest absolute Gasteiger partial charge is 0.303 e. The van der Waals surface area contributed by atoms with Crippen LogP contribution < -0.4 is 0 Å². The predicted molar refractivity (Wildman–Crippen MR) is 95.9 cm³/mol. The van der Waals surface area contributed by atoms with Crippen LogP contribution in [0.3, 0.4) is 0 Å². The molecule has 0 aromatic carbocycles. The molecule has 2 nitrogen and oxygen atoms in total. The minimum absolute atomic E-state index is 0.276. The monoisotopic (exact) mass is 302 g/mol. The Balaban J connectivity index is 3.47. The van der Waals surface area contributed by atoms with Crippen molar-refractivity contribution in [1.82, 2.24) is 0 Å². The van der Waals surface area contributed by atoms with Gasteiger partial charge in [-0.05, 0) is 44.9 Å². The average Bonchev–Trinajstić information content (AvgIpc) is 2.50. The van der Waals surface area contributed by atoms with Gasteiger partial charge in [0.25, 0.3) is 0 Å². The fourth-order valence-corrected chi connectivity index (χ4v) is 1.75. The maximum atomic E-state index is 10.3. The number of allylic oxidation sites excluding steroid dienone is 10. The fraction of sp³-hybridized carbons (Fsp3) is 0.450. The summed E-state index contributed by atoms with van der Waals surface area (Å²) in [5, 5.41) is 8.50. The summed E-state index contributed by atoms with van der Waals surface area (Å²) in [5.41, 5.74) is 0. The molecule has 0 spiro atoms. The van der Waals surface area contributed by atoms with Gasteiger partial charge in [-0.3, -0.25) is 4.79 Å². The van der Waals surface area contributed by atoms with Gasteiger partial charge in [0.05, 0.1) is 0 Å². The van der Waals surface area contributed by atoms with Gasteiger partial charge >= 0.3 is 5.97 Å². The van der Waals surface area contributed by atoms with E-state index < -0.39 is 5.97 Å². The van der Waals surface area contributed by atoms with E-state index in [0.29, 0.717) is 0 Å². The first kappa shape index (κ1) is 20.2. The first-order valence-electron chi connectivity index (χ1n) is 8.25. The number of carbonyl (C=O) groups is 1. The Hall–Kier alpha value is -1.83. The summed E-state index contributed by atoms with van der Waals surface area (Å²) < 4.78 is 0. The molecule has 0 aliphatic heterocycles. The third-order valence-corrected chi connectivity index (χ3v) is 2.95. The molecular formula is C20H30O2. The van der Waals surface area contributed by atoms with E-state index in [1.54, 1.807) is 0 Å². The molecule has 0 amide bonds. The topological polar surface area (TPSA) is 37.3 Å². The predicted octanol–water partition coefficient (Wildman–Crippen LogP) is 5.99. The first-order chi connectivity index (χ1) is 10.8. The van der Waals surface area contributed by atoms with Crippen LogP contribution in [0.15, 0.2) is 60.8 Å². The Bertz CT molecular complexity index is 398. The lowest BCUT2D eigenvalue weighted by Crippen LogP contribution is -1.92. The van der Waals surface area contributed by atoms with Crippen molar-refractivity contribution in [3.63, 3.8) is 0 Å². The van der Waals surface area contributed by atoms with Crippen LogP contribution >= 0.6 is 0 Å². The molecule has 1 N–H and O–H groups in total. The van der Waals surface area contributed by atoms with Gasteiger partial charge in [-0.1, -0.05) is 67.7 Å². The Morgan fingerprint density at radius 1 is 0.773 bits per heavy atom. The number of hydrogen-bond acceptors (Lipinski definition) is 1. The van der Waals surface area contributed by atoms with E-state index in [9.17, 15) is 4.79 Å². The van der Waals surface area contributed by atoms with Crippen LogP contribution in [0.5, 0.6) is 0 Å². The molecule has 0 heterocycles. The third-order valence-electron chi connectivity index (χ3n) is 2.95. The minimum atomic E-state index is -0.706. The summed E-state index contributed by atoms with van der Waals surface area (Å²) in [6.45, 7) is 2.14. The Morgan fingerprint density at radius 3 is 1.91 bits per heavy atom. The normalized spacial score (nSPS) is 12.8. The number of unbranched alkanes of at least 4 members (excludes halogenated alkanes) is 2. The maximum absolute atomic E-state index is 10.3. The molecule has 0 atom stereocenters. The molecule has 122 valence electrons. The second kappa shape index (κ2) is 17.2. The molecule has 0 aromatic heterocycles. The van der Waals surface area contributed by atoms with Gasteiger partial charge in [-0.25, -0.2) is 0 Å². The lowest BCUT2D eigenvalue weighted by molar-refractivity contribution is -0.137. The second-order valence-electron chi connectivity index (χ2n) is 5.03. The summed E-state index contributed by atoms with van der Waals surface area (Å²) in [5.74, 6) is -0.706. The van der Waals surface area contributed by atoms with Crippen LogP contribution in [0.1, 0.15) is 58.3 Å². The Labute approximate surface area is 135 Å². The van der Waals surface area contributed by atoms with E-state index in [2.05, 4.69) is 55.5 Å². The highest BCUT2D eigenvalue weighted by atomic mass is 16.4. The van der Waals surface area contributed by atoms with Gasteiger partial charge in [0.2, 0.25) is 0 Å². The molecule has 0 aliphatic carbocycles. The maximum Gasteiger partial charge on any atom is 0.303 e. The van der Waals surface area contributed by atoms with Gasteiger partial charge in [0.1, 0.15) is 0 Å². The lowest BCUT2D eigenvalue weighted by Gasteiger charge is -1.92. The number of rotatable bonds is 13. The quantitative estimate of drug-likeness (QED) is 0.258. The second-order valence-corrected chi connectivity index (χ2v) is 5.03. The fourth-order valence-electron chi connectivity index (χ4n) is 1.75. The lowest BCUT2D eigenvalue weighted by atomic mass is 10.2. The standard InChI is InChI=1S/C20H30O2/c1-2-3-4-5-6-7-8-9-10-11-12-13-14-15-16-17-18-19-20(21)22/h3-4,6-7,9-10,12-15H,2,5,8,11,16-19H2,1H3,(H,21,22). The van der Waals surface area contributed by atoms with Crippen molar-refractivity contribution in [3.05, 3.63) is 60.8 Å². The Kier molecular flexibility index (Phi) is 15.8. The number of aliphatic carboxylic acids is 1. The molecule has 0 aromatic rings. The molecule has 22 heavy (non-hydrogen) atoms. The van der Waals surface area contributed by atoms with Crippen LogP contribution in [0.2, 0.25) is 0 Å². The van der Waals surface area contributed by atoms with E-state index in [1.165, 1.54) is 0 Å². The molecule has 2 heteroatoms. The van der Waals surface area contributed by atoms with Crippen molar-refractivity contribution in [1.29, 1.82) is 0 Å². The van der Waals surface area contributed by atoms with Gasteiger partial charge < -0.3 is 5.11 Å². The molecule has 0 fully saturated rings. The van der Waals surface area contributed by atoms with Gasteiger partial charge in [0.15, 0.2) is 0 Å². The number of hydrogen-bond donors (Lipinski definition) is 1. The summed E-state index contributed by atoms with van der Waals surface area (Å²) >= 11 is 0. The largest absolute Gasteiger partial charge is 0.481 e. The van der Waals surface area contributed by atoms with Crippen molar-refractivity contribution < 1.29 is 9.90 Å². The van der Waals surface area contributed by atoms with E-state index in [0.717, 1.165) is 44.9 Å². The third kappa shape index (κ3) is 18.2. The molecule has 0 saturated carbocycles. The van der Waals surface area contributed by atoms with E-state index in [-0.39, 0.29) is 6.42 Å². The first-order valence-corrected chi connectivity index (χ1v) is 8.25. The molecule has 0 aliphatic rings. The number of carboxylic acid groups (broad SMARTS) is 1. The average molecular weight is 302 g/mol. The zero-order valence-electron chi connectivity index (χ0n) is 13.8. The highest BCUT2D eigenvalue weighted by Gasteiger charge is 1.93. The van der Waals surface area contributed by atoms with Crippen LogP contribution in [0.4, 0.5) is 0 Å². The summed E-state index contributed by atoms with van der Waals surface area (Å²) in [4.78, 5) is 10.3. The highest BCUT2D eigenvalue weighted by molar-refractivity contribution is 5.66. The molecule has 0 saturated heterocycles. The highest BCUT2D eigenvalue weighted by Crippen LogP contribution is 2.01. The van der Waals surface area contributed by atoms with Crippen LogP contribution in [0.25, 0.3) is 0 Å². The summed E-state index contributed by atoms with van der Waals surface area (Å²) in [7, 11) is 0. The van der Waals surface area contributed by atoms with Crippen molar-refractivity contribution in [2.75, 3.05) is 0 Å². The van der Waals surface area contributed by atoms with Gasteiger partial charge in [0, 0.05) is 6.42 Å². The molecule has 0 unspecified atom stereocenters. The van der Waals surface area contributed by atoms with Crippen LogP contribution in [0, 0.1) is 0 Å². The summed E-state index contributed by atoms with van der Waals surface area (Å²) in [6.07, 6.45) is 28.4.